The number of hydrogen-bond donors (Lipinski definition) is 2. The van der Waals surface area contributed by atoms with Crippen molar-refractivity contribution >= 4 is 22.7 Å². The Morgan fingerprint density at radius 3 is 2.77 bits per heavy atom. The van der Waals surface area contributed by atoms with Gasteiger partial charge in [0.25, 0.3) is 0 Å². The van der Waals surface area contributed by atoms with E-state index in [0.717, 1.165) is 35.1 Å². The molecule has 2 aliphatic rings. The molecular formula is C19H24N4O3. The predicted molar refractivity (Wildman–Crippen MR) is 96.7 cm³/mol. The normalized spacial score (nSPS) is 27.7. The van der Waals surface area contributed by atoms with Gasteiger partial charge in [0.05, 0.1) is 23.2 Å². The van der Waals surface area contributed by atoms with E-state index in [1.54, 1.807) is 4.68 Å². The molecule has 7 heteroatoms. The smallest absolute Gasteiger partial charge is 0.235 e. The van der Waals surface area contributed by atoms with Gasteiger partial charge in [-0.2, -0.15) is 5.10 Å². The number of nitrogens with one attached hydrogen (secondary N) is 1. The summed E-state index contributed by atoms with van der Waals surface area (Å²) in [5, 5.41) is 18.4. The van der Waals surface area contributed by atoms with Crippen molar-refractivity contribution in [2.75, 3.05) is 20.1 Å². The number of aromatic nitrogens is 2. The standard InChI is InChI=1S/C19H24N4O3/c1-22-8-7-12(16(24)10-22)11-3-4-13-15(9-11)23(2)21-18(13)14-5-6-17(25)20-19(14)26/h3-4,9,12,14,16,24H,5-8,10H2,1-2H3,(H,20,25,26). The van der Waals surface area contributed by atoms with Crippen molar-refractivity contribution < 1.29 is 14.7 Å². The minimum atomic E-state index is -0.392. The second-order valence-corrected chi connectivity index (χ2v) is 7.51. The predicted octanol–water partition coefficient (Wildman–Crippen LogP) is 0.873. The summed E-state index contributed by atoms with van der Waals surface area (Å²) in [5.74, 6) is -0.762. The van der Waals surface area contributed by atoms with Crippen LogP contribution in [0, 0.1) is 0 Å². The van der Waals surface area contributed by atoms with Crippen LogP contribution < -0.4 is 5.32 Å². The number of hydrogen-bond acceptors (Lipinski definition) is 5. The summed E-state index contributed by atoms with van der Waals surface area (Å²) in [6.07, 6.45) is 1.37. The van der Waals surface area contributed by atoms with Crippen LogP contribution in [0.5, 0.6) is 0 Å². The largest absolute Gasteiger partial charge is 0.391 e. The third-order valence-electron chi connectivity index (χ3n) is 5.69. The molecule has 2 fully saturated rings. The van der Waals surface area contributed by atoms with Crippen LogP contribution >= 0.6 is 0 Å². The molecule has 2 aliphatic heterocycles. The van der Waals surface area contributed by atoms with Crippen molar-refractivity contribution in [3.63, 3.8) is 0 Å². The molecule has 1 aromatic carbocycles. The minimum Gasteiger partial charge on any atom is -0.391 e. The number of aryl methyl sites for hydroxylation is 1. The fourth-order valence-corrected chi connectivity index (χ4v) is 4.22. The summed E-state index contributed by atoms with van der Waals surface area (Å²) in [6, 6.07) is 6.12. The van der Waals surface area contributed by atoms with Gasteiger partial charge in [-0.3, -0.25) is 19.6 Å². The van der Waals surface area contributed by atoms with Gasteiger partial charge in [-0.15, -0.1) is 0 Å². The summed E-state index contributed by atoms with van der Waals surface area (Å²) in [7, 11) is 3.89. The number of likely N-dealkylation sites (tertiary alicyclic amines) is 1. The second kappa shape index (κ2) is 6.48. The van der Waals surface area contributed by atoms with Gasteiger partial charge in [-0.1, -0.05) is 12.1 Å². The first kappa shape index (κ1) is 17.2. The summed E-state index contributed by atoms with van der Waals surface area (Å²) >= 11 is 0. The zero-order valence-electron chi connectivity index (χ0n) is 15.1. The number of aliphatic hydroxyl groups excluding tert-OH is 1. The van der Waals surface area contributed by atoms with Crippen LogP contribution in [0.25, 0.3) is 10.9 Å². The molecule has 0 bridgehead atoms. The highest BCUT2D eigenvalue weighted by Crippen LogP contribution is 2.34. The molecule has 138 valence electrons. The molecule has 0 spiro atoms. The van der Waals surface area contributed by atoms with Crippen molar-refractivity contribution in [2.45, 2.75) is 37.2 Å². The number of benzene rings is 1. The van der Waals surface area contributed by atoms with E-state index in [4.69, 9.17) is 0 Å². The lowest BCUT2D eigenvalue weighted by Gasteiger charge is -2.34. The Hall–Kier alpha value is -2.25. The molecule has 0 aliphatic carbocycles. The third-order valence-corrected chi connectivity index (χ3v) is 5.69. The molecule has 7 nitrogen and oxygen atoms in total. The second-order valence-electron chi connectivity index (χ2n) is 7.51. The van der Waals surface area contributed by atoms with Crippen LogP contribution in [0.4, 0.5) is 0 Å². The molecule has 0 saturated carbocycles. The van der Waals surface area contributed by atoms with Gasteiger partial charge in [-0.25, -0.2) is 0 Å². The molecule has 3 atom stereocenters. The molecule has 3 unspecified atom stereocenters. The lowest BCUT2D eigenvalue weighted by Crippen LogP contribution is -2.40. The number of aliphatic hydroxyl groups is 1. The first-order chi connectivity index (χ1) is 12.4. The third kappa shape index (κ3) is 2.91. The summed E-state index contributed by atoms with van der Waals surface area (Å²) < 4.78 is 1.79. The van der Waals surface area contributed by atoms with Crippen LogP contribution in [0.1, 0.15) is 42.4 Å². The van der Waals surface area contributed by atoms with Gasteiger partial charge >= 0.3 is 0 Å². The maximum absolute atomic E-state index is 12.2. The summed E-state index contributed by atoms with van der Waals surface area (Å²) in [6.45, 7) is 1.64. The monoisotopic (exact) mass is 356 g/mol. The number of fused-ring (bicyclic) bond motifs is 1. The van der Waals surface area contributed by atoms with Crippen LogP contribution in [-0.4, -0.2) is 57.8 Å². The van der Waals surface area contributed by atoms with E-state index in [0.29, 0.717) is 19.4 Å². The Labute approximate surface area is 152 Å². The Bertz CT molecular complexity index is 875. The van der Waals surface area contributed by atoms with Gasteiger partial charge in [0.2, 0.25) is 11.8 Å². The molecule has 3 heterocycles. The first-order valence-corrected chi connectivity index (χ1v) is 9.11. The maximum atomic E-state index is 12.2. The maximum Gasteiger partial charge on any atom is 0.235 e. The molecule has 2 saturated heterocycles. The van der Waals surface area contributed by atoms with E-state index in [1.165, 1.54) is 0 Å². The molecule has 2 amide bonds. The molecule has 2 aromatic rings. The van der Waals surface area contributed by atoms with Gasteiger partial charge < -0.3 is 10.0 Å². The Balaban J connectivity index is 1.69. The SMILES string of the molecule is CN1CCC(c2ccc3c(C4CCC(=O)NC4=O)nn(C)c3c2)C(O)C1. The first-order valence-electron chi connectivity index (χ1n) is 9.11. The highest BCUT2D eigenvalue weighted by Gasteiger charge is 2.32. The molecule has 0 radical (unpaired) electrons. The van der Waals surface area contributed by atoms with E-state index < -0.39 is 5.92 Å². The number of β-amino-alcohol motifs (C(OH)–C–C–N with tert-alkyl or cyclic N) is 1. The van der Waals surface area contributed by atoms with Crippen molar-refractivity contribution in [1.82, 2.24) is 20.0 Å². The van der Waals surface area contributed by atoms with Crippen LogP contribution in [0.15, 0.2) is 18.2 Å². The fourth-order valence-electron chi connectivity index (χ4n) is 4.22. The van der Waals surface area contributed by atoms with Crippen molar-refractivity contribution in [1.29, 1.82) is 0 Å². The minimum absolute atomic E-state index is 0.115. The van der Waals surface area contributed by atoms with Crippen LogP contribution in [0.2, 0.25) is 0 Å². The zero-order valence-corrected chi connectivity index (χ0v) is 15.1. The van der Waals surface area contributed by atoms with Crippen molar-refractivity contribution in [3.05, 3.63) is 29.5 Å². The molecule has 2 N–H and O–H groups in total. The average Bonchev–Trinajstić information content (AvgIpc) is 2.91. The Morgan fingerprint density at radius 1 is 1.23 bits per heavy atom. The van der Waals surface area contributed by atoms with Crippen molar-refractivity contribution in [3.8, 4) is 0 Å². The van der Waals surface area contributed by atoms with E-state index in [-0.39, 0.29) is 23.8 Å². The average molecular weight is 356 g/mol. The Morgan fingerprint density at radius 2 is 2.04 bits per heavy atom. The van der Waals surface area contributed by atoms with Gasteiger partial charge in [0, 0.05) is 31.3 Å². The number of nitrogens with zero attached hydrogens (tertiary/aromatic N) is 3. The van der Waals surface area contributed by atoms with Gasteiger partial charge in [-0.05, 0) is 38.1 Å². The molecule has 26 heavy (non-hydrogen) atoms. The van der Waals surface area contributed by atoms with Gasteiger partial charge in [0.15, 0.2) is 0 Å². The lowest BCUT2D eigenvalue weighted by atomic mass is 9.86. The number of carbonyl (C=O) groups excluding carboxylic acids is 2. The fraction of sp³-hybridized carbons (Fsp3) is 0.526. The highest BCUT2D eigenvalue weighted by atomic mass is 16.3. The van der Waals surface area contributed by atoms with E-state index in [1.807, 2.05) is 26.2 Å². The summed E-state index contributed by atoms with van der Waals surface area (Å²) in [5.41, 5.74) is 2.78. The number of imide groups is 1. The quantitative estimate of drug-likeness (QED) is 0.780. The summed E-state index contributed by atoms with van der Waals surface area (Å²) in [4.78, 5) is 25.8. The number of likely N-dealkylation sites (N-methyl/N-ethyl adjacent to an activating group) is 1. The van der Waals surface area contributed by atoms with Crippen LogP contribution in [-0.2, 0) is 16.6 Å². The molecule has 4 rings (SSSR count). The Kier molecular flexibility index (Phi) is 4.28. The van der Waals surface area contributed by atoms with Crippen LogP contribution in [0.3, 0.4) is 0 Å². The topological polar surface area (TPSA) is 87.5 Å². The zero-order chi connectivity index (χ0) is 18.4. The van der Waals surface area contributed by atoms with E-state index >= 15 is 0 Å². The lowest BCUT2D eigenvalue weighted by molar-refractivity contribution is -0.134. The number of carbonyl (C=O) groups is 2. The van der Waals surface area contributed by atoms with E-state index in [2.05, 4.69) is 21.4 Å². The molecule has 1 aromatic heterocycles. The van der Waals surface area contributed by atoms with E-state index in [9.17, 15) is 14.7 Å². The highest BCUT2D eigenvalue weighted by molar-refractivity contribution is 6.02. The number of rotatable bonds is 2. The van der Waals surface area contributed by atoms with Gasteiger partial charge in [0.1, 0.15) is 0 Å². The van der Waals surface area contributed by atoms with Crippen molar-refractivity contribution in [2.24, 2.45) is 7.05 Å². The number of piperidine rings is 2. The number of amides is 2. The molecular weight excluding hydrogens is 332 g/mol.